The summed E-state index contributed by atoms with van der Waals surface area (Å²) >= 11 is 1.56. The predicted molar refractivity (Wildman–Crippen MR) is 119 cm³/mol. The Morgan fingerprint density at radius 2 is 1.77 bits per heavy atom. The number of amides is 1. The lowest BCUT2D eigenvalue weighted by molar-refractivity contribution is -0.130. The SMILES string of the molecule is O=C(CSCc1coc(-c2ccccc2)n1)N1CCC(C(O)c2ccccc2)CC1. The van der Waals surface area contributed by atoms with E-state index in [1.165, 1.54) is 0 Å². The molecule has 1 N–H and O–H groups in total. The minimum absolute atomic E-state index is 0.152. The minimum atomic E-state index is -0.455. The van der Waals surface area contributed by atoms with Gasteiger partial charge < -0.3 is 14.4 Å². The van der Waals surface area contributed by atoms with Crippen molar-refractivity contribution in [3.63, 3.8) is 0 Å². The van der Waals surface area contributed by atoms with Crippen molar-refractivity contribution in [2.45, 2.75) is 24.7 Å². The van der Waals surface area contributed by atoms with E-state index in [0.717, 1.165) is 29.7 Å². The van der Waals surface area contributed by atoms with Gasteiger partial charge >= 0.3 is 0 Å². The molecule has 5 nitrogen and oxygen atoms in total. The van der Waals surface area contributed by atoms with Crippen molar-refractivity contribution in [1.29, 1.82) is 0 Å². The number of nitrogens with zero attached hydrogens (tertiary/aromatic N) is 2. The topological polar surface area (TPSA) is 66.6 Å². The summed E-state index contributed by atoms with van der Waals surface area (Å²) in [5.74, 6) is 2.04. The average Bonchev–Trinajstić information content (AvgIpc) is 3.29. The molecule has 1 aliphatic rings. The summed E-state index contributed by atoms with van der Waals surface area (Å²) < 4.78 is 5.55. The molecule has 0 radical (unpaired) electrons. The third-order valence-electron chi connectivity index (χ3n) is 5.53. The fourth-order valence-electron chi connectivity index (χ4n) is 3.81. The normalized spacial score (nSPS) is 15.8. The number of aliphatic hydroxyl groups is 1. The number of hydrogen-bond acceptors (Lipinski definition) is 5. The number of benzene rings is 2. The van der Waals surface area contributed by atoms with Crippen LogP contribution in [-0.2, 0) is 10.5 Å². The molecule has 2 aromatic carbocycles. The highest BCUT2D eigenvalue weighted by molar-refractivity contribution is 7.99. The van der Waals surface area contributed by atoms with E-state index in [1.54, 1.807) is 18.0 Å². The second kappa shape index (κ2) is 9.96. The van der Waals surface area contributed by atoms with Crippen molar-refractivity contribution in [2.75, 3.05) is 18.8 Å². The van der Waals surface area contributed by atoms with Gasteiger partial charge in [-0.05, 0) is 36.5 Å². The van der Waals surface area contributed by atoms with Crippen LogP contribution in [0.25, 0.3) is 11.5 Å². The van der Waals surface area contributed by atoms with Gasteiger partial charge in [-0.15, -0.1) is 11.8 Å². The number of thioether (sulfide) groups is 1. The molecule has 1 amide bonds. The molecule has 1 aliphatic heterocycles. The minimum Gasteiger partial charge on any atom is -0.444 e. The highest BCUT2D eigenvalue weighted by Crippen LogP contribution is 2.31. The van der Waals surface area contributed by atoms with E-state index >= 15 is 0 Å². The van der Waals surface area contributed by atoms with Crippen molar-refractivity contribution in [3.8, 4) is 11.5 Å². The first-order valence-corrected chi connectivity index (χ1v) is 11.4. The fraction of sp³-hybridized carbons (Fsp3) is 0.333. The lowest BCUT2D eigenvalue weighted by Gasteiger charge is -2.34. The first-order chi connectivity index (χ1) is 14.7. The van der Waals surface area contributed by atoms with Crippen molar-refractivity contribution >= 4 is 17.7 Å². The van der Waals surface area contributed by atoms with E-state index in [2.05, 4.69) is 4.98 Å². The van der Waals surface area contributed by atoms with Crippen molar-refractivity contribution in [2.24, 2.45) is 5.92 Å². The number of likely N-dealkylation sites (tertiary alicyclic amines) is 1. The van der Waals surface area contributed by atoms with Gasteiger partial charge in [0, 0.05) is 24.4 Å². The van der Waals surface area contributed by atoms with E-state index < -0.39 is 6.10 Å². The Morgan fingerprint density at radius 3 is 2.47 bits per heavy atom. The lowest BCUT2D eigenvalue weighted by Crippen LogP contribution is -2.40. The van der Waals surface area contributed by atoms with Crippen LogP contribution in [0.1, 0.15) is 30.2 Å². The molecule has 1 unspecified atom stereocenters. The third-order valence-corrected chi connectivity index (χ3v) is 6.48. The summed E-state index contributed by atoms with van der Waals surface area (Å²) in [6.45, 7) is 1.41. The van der Waals surface area contributed by atoms with E-state index in [0.29, 0.717) is 30.5 Å². The molecule has 1 fully saturated rings. The Kier molecular flexibility index (Phi) is 6.87. The first kappa shape index (κ1) is 20.7. The van der Waals surface area contributed by atoms with Crippen LogP contribution in [0.3, 0.4) is 0 Å². The zero-order chi connectivity index (χ0) is 20.8. The van der Waals surface area contributed by atoms with Crippen LogP contribution in [0, 0.1) is 5.92 Å². The average molecular weight is 423 g/mol. The molecular weight excluding hydrogens is 396 g/mol. The van der Waals surface area contributed by atoms with Gasteiger partial charge in [0.1, 0.15) is 6.26 Å². The van der Waals surface area contributed by atoms with E-state index in [-0.39, 0.29) is 11.8 Å². The molecule has 2 heterocycles. The fourth-order valence-corrected chi connectivity index (χ4v) is 4.61. The molecule has 1 aromatic heterocycles. The maximum absolute atomic E-state index is 12.6. The third kappa shape index (κ3) is 5.12. The van der Waals surface area contributed by atoms with E-state index in [1.807, 2.05) is 65.6 Å². The number of aromatic nitrogens is 1. The van der Waals surface area contributed by atoms with Crippen LogP contribution in [0.15, 0.2) is 71.3 Å². The van der Waals surface area contributed by atoms with Gasteiger partial charge in [0.15, 0.2) is 0 Å². The van der Waals surface area contributed by atoms with Gasteiger partial charge in [-0.2, -0.15) is 0 Å². The summed E-state index contributed by atoms with van der Waals surface area (Å²) in [5, 5.41) is 10.6. The lowest BCUT2D eigenvalue weighted by atomic mass is 9.87. The quantitative estimate of drug-likeness (QED) is 0.605. The molecule has 1 saturated heterocycles. The number of oxazole rings is 1. The number of piperidine rings is 1. The molecule has 1 atom stereocenters. The highest BCUT2D eigenvalue weighted by atomic mass is 32.2. The maximum Gasteiger partial charge on any atom is 0.232 e. The predicted octanol–water partition coefficient (Wildman–Crippen LogP) is 4.55. The Labute approximate surface area is 181 Å². The molecule has 6 heteroatoms. The highest BCUT2D eigenvalue weighted by Gasteiger charge is 2.28. The molecule has 0 saturated carbocycles. The van der Waals surface area contributed by atoms with Crippen LogP contribution in [-0.4, -0.2) is 39.7 Å². The number of rotatable bonds is 7. The van der Waals surface area contributed by atoms with Gasteiger partial charge in [0.25, 0.3) is 0 Å². The van der Waals surface area contributed by atoms with Gasteiger partial charge in [0.2, 0.25) is 11.8 Å². The van der Waals surface area contributed by atoms with Gasteiger partial charge in [-0.3, -0.25) is 4.79 Å². The Bertz CT molecular complexity index is 937. The standard InChI is InChI=1S/C24H26N2O3S/c27-22(17-30-16-21-15-29-24(25-21)20-9-5-2-6-10-20)26-13-11-19(12-14-26)23(28)18-7-3-1-4-8-18/h1-10,15,19,23,28H,11-14,16-17H2. The largest absolute Gasteiger partial charge is 0.444 e. The van der Waals surface area contributed by atoms with E-state index in [9.17, 15) is 9.90 Å². The molecule has 156 valence electrons. The molecule has 30 heavy (non-hydrogen) atoms. The van der Waals surface area contributed by atoms with Crippen LogP contribution in [0.5, 0.6) is 0 Å². The molecule has 4 rings (SSSR count). The van der Waals surface area contributed by atoms with Crippen molar-refractivity contribution in [3.05, 3.63) is 78.2 Å². The zero-order valence-electron chi connectivity index (χ0n) is 16.8. The van der Waals surface area contributed by atoms with Gasteiger partial charge in [-0.1, -0.05) is 48.5 Å². The number of aliphatic hydroxyl groups excluding tert-OH is 1. The summed E-state index contributed by atoms with van der Waals surface area (Å²) in [5.41, 5.74) is 2.75. The monoisotopic (exact) mass is 422 g/mol. The second-order valence-corrected chi connectivity index (χ2v) is 8.56. The maximum atomic E-state index is 12.6. The number of hydrogen-bond donors (Lipinski definition) is 1. The van der Waals surface area contributed by atoms with Gasteiger partial charge in [0.05, 0.1) is 17.6 Å². The smallest absolute Gasteiger partial charge is 0.232 e. The van der Waals surface area contributed by atoms with Crippen LogP contribution in [0.2, 0.25) is 0 Å². The van der Waals surface area contributed by atoms with Crippen molar-refractivity contribution < 1.29 is 14.3 Å². The Morgan fingerprint density at radius 1 is 1.10 bits per heavy atom. The van der Waals surface area contributed by atoms with Gasteiger partial charge in [-0.25, -0.2) is 4.98 Å². The molecule has 0 aliphatic carbocycles. The summed E-state index contributed by atoms with van der Waals surface area (Å²) in [4.78, 5) is 19.0. The van der Waals surface area contributed by atoms with Crippen LogP contribution < -0.4 is 0 Å². The Hall–Kier alpha value is -2.57. The molecule has 0 bridgehead atoms. The summed E-state index contributed by atoms with van der Waals surface area (Å²) in [7, 11) is 0. The number of carbonyl (C=O) groups excluding carboxylic acids is 1. The van der Waals surface area contributed by atoms with Crippen molar-refractivity contribution in [1.82, 2.24) is 9.88 Å². The summed E-state index contributed by atoms with van der Waals surface area (Å²) in [6, 6.07) is 19.6. The Balaban J connectivity index is 1.21. The van der Waals surface area contributed by atoms with Crippen LogP contribution in [0.4, 0.5) is 0 Å². The molecule has 0 spiro atoms. The van der Waals surface area contributed by atoms with E-state index in [4.69, 9.17) is 4.42 Å². The second-order valence-electron chi connectivity index (χ2n) is 7.58. The molecule has 3 aromatic rings. The summed E-state index contributed by atoms with van der Waals surface area (Å²) in [6.07, 6.45) is 2.87. The van der Waals surface area contributed by atoms with Crippen LogP contribution >= 0.6 is 11.8 Å². The molecular formula is C24H26N2O3S. The number of carbonyl (C=O) groups is 1. The zero-order valence-corrected chi connectivity index (χ0v) is 17.6. The first-order valence-electron chi connectivity index (χ1n) is 10.3.